The third kappa shape index (κ3) is 14.7. The smallest absolute Gasteiger partial charge is 0.333 e. The van der Waals surface area contributed by atoms with Crippen molar-refractivity contribution in [2.45, 2.75) is 129 Å². The number of fused-ring (bicyclic) bond motifs is 1. The first-order chi connectivity index (χ1) is 25.4. The second-order valence-electron chi connectivity index (χ2n) is 13.1. The van der Waals surface area contributed by atoms with Crippen molar-refractivity contribution < 1.29 is 44.9 Å². The number of aliphatic carboxylic acids is 1. The summed E-state index contributed by atoms with van der Waals surface area (Å²) in [6.07, 6.45) is 3.23. The largest absolute Gasteiger partial charge is 0.492 e. The summed E-state index contributed by atoms with van der Waals surface area (Å²) in [5, 5.41) is 63.2. The Morgan fingerprint density at radius 1 is 0.925 bits per heavy atom. The summed E-state index contributed by atoms with van der Waals surface area (Å²) < 4.78 is 14.4. The molecule has 15 heteroatoms. The fourth-order valence-corrected chi connectivity index (χ4v) is 5.84. The first-order valence-electron chi connectivity index (χ1n) is 19.0. The van der Waals surface area contributed by atoms with E-state index in [-0.39, 0.29) is 18.5 Å². The van der Waals surface area contributed by atoms with Crippen molar-refractivity contribution in [1.82, 2.24) is 24.6 Å². The molecule has 0 fully saturated rings. The van der Waals surface area contributed by atoms with Crippen LogP contribution in [0.2, 0.25) is 0 Å². The van der Waals surface area contributed by atoms with E-state index in [0.29, 0.717) is 48.8 Å². The number of ether oxygens (including phenoxy) is 2. The van der Waals surface area contributed by atoms with Gasteiger partial charge in [0, 0.05) is 33.0 Å². The molecule has 7 N–H and O–H groups in total. The van der Waals surface area contributed by atoms with Gasteiger partial charge < -0.3 is 45.4 Å². The van der Waals surface area contributed by atoms with Gasteiger partial charge in [0.05, 0.1) is 24.9 Å². The summed E-state index contributed by atoms with van der Waals surface area (Å²) in [7, 11) is 1.78. The van der Waals surface area contributed by atoms with Gasteiger partial charge in [-0.25, -0.2) is 9.78 Å². The lowest BCUT2D eigenvalue weighted by Gasteiger charge is -2.25. The minimum Gasteiger partial charge on any atom is -0.492 e. The third-order valence-electron chi connectivity index (χ3n) is 8.85. The number of unbranched alkanes of at least 4 members (excludes halogenated alkanes) is 5. The number of hydrogen-bond acceptors (Lipinski definition) is 12. The molecule has 0 bridgehead atoms. The Labute approximate surface area is 312 Å². The number of nitrogens with one attached hydrogen (secondary N) is 1. The molecule has 0 spiro atoms. The number of aliphatic hydroxyl groups is 5. The van der Waals surface area contributed by atoms with Crippen LogP contribution in [0.1, 0.15) is 89.7 Å². The number of benzene rings is 1. The van der Waals surface area contributed by atoms with Crippen LogP contribution in [0.5, 0.6) is 5.75 Å². The average molecular weight is 750 g/mol. The molecule has 2 aromatic heterocycles. The van der Waals surface area contributed by atoms with Crippen LogP contribution in [0.3, 0.4) is 0 Å². The molecule has 0 saturated heterocycles. The monoisotopic (exact) mass is 749 g/mol. The molecule has 0 aliphatic heterocycles. The van der Waals surface area contributed by atoms with Crippen molar-refractivity contribution in [2.24, 2.45) is 7.05 Å². The first kappa shape index (κ1) is 45.7. The van der Waals surface area contributed by atoms with Crippen LogP contribution in [0.25, 0.3) is 11.0 Å². The minimum absolute atomic E-state index is 0.108. The van der Waals surface area contributed by atoms with Crippen molar-refractivity contribution >= 4 is 17.0 Å². The quantitative estimate of drug-likeness (QED) is 0.0618. The maximum absolute atomic E-state index is 13.2. The maximum Gasteiger partial charge on any atom is 0.333 e. The summed E-state index contributed by atoms with van der Waals surface area (Å²) >= 11 is 0. The lowest BCUT2D eigenvalue weighted by Crippen LogP contribution is -2.49. The summed E-state index contributed by atoms with van der Waals surface area (Å²) in [5.74, 6) is 0.385. The minimum atomic E-state index is -1.55. The Hall–Kier alpha value is -3.44. The molecule has 0 saturated carbocycles. The molecule has 0 aliphatic rings. The Kier molecular flexibility index (Phi) is 21.4. The van der Waals surface area contributed by atoms with Crippen LogP contribution in [0.15, 0.2) is 29.1 Å². The molecular weight excluding hydrogens is 686 g/mol. The topological polar surface area (TPSA) is 222 Å². The molecule has 0 radical (unpaired) electrons. The Morgan fingerprint density at radius 3 is 2.19 bits per heavy atom. The van der Waals surface area contributed by atoms with E-state index in [4.69, 9.17) is 24.7 Å². The highest BCUT2D eigenvalue weighted by atomic mass is 16.5. The lowest BCUT2D eigenvalue weighted by molar-refractivity contribution is -0.149. The average Bonchev–Trinajstić information content (AvgIpc) is 3.47. The van der Waals surface area contributed by atoms with Gasteiger partial charge in [0.2, 0.25) is 0 Å². The normalized spacial score (nSPS) is 14.3. The summed E-state index contributed by atoms with van der Waals surface area (Å²) in [6, 6.07) is 7.24. The molecule has 300 valence electrons. The standard InChI is InChI=1S/C24H32N4O5.C14H31NO5/c1-5-8-18-21-22(27(4)26-18)23(29)28(20(6-2)25-21)13-14-33-17-11-9-16(10-12-17)15-19(24(30)31)32-7-3;1-2-3-4-5-6-7-8-15-9-11(17)13(19)14(20)12(18)10-16/h9-12,19H,5-8,13-15H2,1-4H3,(H,30,31);11-20H,2-10H2,1H3/t;11-,12+,13+,14+/m.0/s1. The van der Waals surface area contributed by atoms with E-state index >= 15 is 0 Å². The Bertz CT molecular complexity index is 1530. The molecule has 5 atom stereocenters. The van der Waals surface area contributed by atoms with Crippen LogP contribution in [-0.2, 0) is 42.4 Å². The fraction of sp³-hybridized carbons (Fsp3) is 0.684. The van der Waals surface area contributed by atoms with Crippen molar-refractivity contribution in [3.05, 3.63) is 51.7 Å². The SMILES string of the molecule is CCCCCCCCNC[C@H](O)[C@@H](O)[C@H](O)[C@H](O)CO.CCCc1nn(C)c2c(=O)n(CCOc3ccc(CC(OCC)C(=O)O)cc3)c(CC)nc12. The zero-order valence-corrected chi connectivity index (χ0v) is 32.1. The highest BCUT2D eigenvalue weighted by Crippen LogP contribution is 2.17. The van der Waals surface area contributed by atoms with E-state index in [0.717, 1.165) is 43.5 Å². The predicted molar refractivity (Wildman–Crippen MR) is 202 cm³/mol. The summed E-state index contributed by atoms with van der Waals surface area (Å²) in [5.41, 5.74) is 2.81. The van der Waals surface area contributed by atoms with Gasteiger partial charge in [-0.05, 0) is 44.0 Å². The van der Waals surface area contributed by atoms with Crippen LogP contribution in [0.4, 0.5) is 0 Å². The molecule has 1 unspecified atom stereocenters. The summed E-state index contributed by atoms with van der Waals surface area (Å²) in [6.45, 7) is 9.25. The molecular formula is C38H63N5O10. The van der Waals surface area contributed by atoms with Gasteiger partial charge in [-0.1, -0.05) is 71.4 Å². The molecule has 0 aliphatic carbocycles. The van der Waals surface area contributed by atoms with Crippen LogP contribution < -0.4 is 15.6 Å². The van der Waals surface area contributed by atoms with Crippen molar-refractivity contribution in [3.8, 4) is 5.75 Å². The lowest BCUT2D eigenvalue weighted by atomic mass is 10.0. The number of aromatic nitrogens is 4. The number of nitrogens with zero attached hydrogens (tertiary/aromatic N) is 4. The molecule has 0 amide bonds. The van der Waals surface area contributed by atoms with E-state index < -0.39 is 43.1 Å². The van der Waals surface area contributed by atoms with Gasteiger partial charge in [0.1, 0.15) is 42.0 Å². The molecule has 1 aromatic carbocycles. The van der Waals surface area contributed by atoms with Gasteiger partial charge >= 0.3 is 5.97 Å². The Balaban J connectivity index is 0.000000419. The maximum atomic E-state index is 13.2. The number of aliphatic hydroxyl groups excluding tert-OH is 5. The van der Waals surface area contributed by atoms with Crippen molar-refractivity contribution in [2.75, 3.05) is 32.9 Å². The molecule has 53 heavy (non-hydrogen) atoms. The number of hydrogen-bond donors (Lipinski definition) is 7. The third-order valence-corrected chi connectivity index (χ3v) is 8.85. The van der Waals surface area contributed by atoms with Gasteiger partial charge in [-0.3, -0.25) is 14.0 Å². The number of rotatable bonds is 25. The Morgan fingerprint density at radius 2 is 1.58 bits per heavy atom. The van der Waals surface area contributed by atoms with E-state index in [1.54, 1.807) is 35.4 Å². The fourth-order valence-electron chi connectivity index (χ4n) is 5.84. The van der Waals surface area contributed by atoms with E-state index in [9.17, 15) is 30.0 Å². The van der Waals surface area contributed by atoms with Gasteiger partial charge in [-0.2, -0.15) is 5.10 Å². The highest BCUT2D eigenvalue weighted by Gasteiger charge is 2.29. The molecule has 3 aromatic rings. The number of aryl methyl sites for hydroxylation is 3. The van der Waals surface area contributed by atoms with Gasteiger partial charge in [0.25, 0.3) is 5.56 Å². The number of carboxylic acids is 1. The number of carbonyl (C=O) groups is 1. The van der Waals surface area contributed by atoms with Crippen molar-refractivity contribution in [1.29, 1.82) is 0 Å². The summed E-state index contributed by atoms with van der Waals surface area (Å²) in [4.78, 5) is 29.2. The first-order valence-corrected chi connectivity index (χ1v) is 19.0. The molecule has 15 nitrogen and oxygen atoms in total. The predicted octanol–water partition coefficient (Wildman–Crippen LogP) is 2.13. The van der Waals surface area contributed by atoms with Crippen LogP contribution in [-0.4, -0.2) is 119 Å². The van der Waals surface area contributed by atoms with E-state index in [1.165, 1.54) is 25.7 Å². The second kappa shape index (κ2) is 24.8. The van der Waals surface area contributed by atoms with E-state index in [2.05, 4.69) is 24.3 Å². The van der Waals surface area contributed by atoms with E-state index in [1.807, 2.05) is 19.1 Å². The van der Waals surface area contributed by atoms with Crippen LogP contribution in [0, 0.1) is 0 Å². The van der Waals surface area contributed by atoms with Gasteiger partial charge in [0.15, 0.2) is 11.6 Å². The molecule has 2 heterocycles. The van der Waals surface area contributed by atoms with Gasteiger partial charge in [-0.15, -0.1) is 0 Å². The number of carboxylic acid groups (broad SMARTS) is 1. The van der Waals surface area contributed by atoms with Crippen molar-refractivity contribution in [3.63, 3.8) is 0 Å². The second-order valence-corrected chi connectivity index (χ2v) is 13.1. The molecule has 3 rings (SSSR count). The van der Waals surface area contributed by atoms with Crippen LogP contribution >= 0.6 is 0 Å². The highest BCUT2D eigenvalue weighted by molar-refractivity contribution is 5.76. The zero-order chi connectivity index (χ0) is 39.3. The zero-order valence-electron chi connectivity index (χ0n) is 32.1.